The number of amides is 2. The van der Waals surface area contributed by atoms with Crippen LogP contribution in [0.4, 0.5) is 0 Å². The first-order valence-electron chi connectivity index (χ1n) is 7.63. The van der Waals surface area contributed by atoms with E-state index in [4.69, 9.17) is 0 Å². The molecule has 1 aromatic heterocycles. The van der Waals surface area contributed by atoms with Crippen LogP contribution in [0.2, 0.25) is 0 Å². The standard InChI is InChI=1S/C16H16N2O6S/c1-24-16(23)9-4-5-10-12(14(20)18(10)13(9)15(21)22)17-11(19)7-8-3-2-6-25-8/h2-3,6,10,12H,4-5,7H2,1H3,(H,17,19)(H,21,22)/t10-,12-/m0/s1. The number of carbonyl (C=O) groups is 4. The Labute approximate surface area is 147 Å². The highest BCUT2D eigenvalue weighted by molar-refractivity contribution is 7.10. The van der Waals surface area contributed by atoms with Crippen molar-refractivity contribution in [3.05, 3.63) is 33.7 Å². The van der Waals surface area contributed by atoms with Crippen molar-refractivity contribution in [1.29, 1.82) is 0 Å². The normalized spacial score (nSPS) is 22.1. The molecule has 3 rings (SSSR count). The quantitative estimate of drug-likeness (QED) is 0.574. The zero-order valence-electron chi connectivity index (χ0n) is 13.4. The summed E-state index contributed by atoms with van der Waals surface area (Å²) in [6.45, 7) is 0. The van der Waals surface area contributed by atoms with E-state index in [0.29, 0.717) is 6.42 Å². The van der Waals surface area contributed by atoms with Crippen molar-refractivity contribution in [3.63, 3.8) is 0 Å². The molecule has 0 saturated carbocycles. The number of hydrogen-bond acceptors (Lipinski definition) is 6. The molecule has 25 heavy (non-hydrogen) atoms. The number of carbonyl (C=O) groups excluding carboxylic acids is 3. The van der Waals surface area contributed by atoms with Gasteiger partial charge in [0.2, 0.25) is 5.91 Å². The maximum Gasteiger partial charge on any atom is 0.353 e. The lowest BCUT2D eigenvalue weighted by atomic mass is 9.83. The number of nitrogens with zero attached hydrogens (tertiary/aromatic N) is 1. The number of fused-ring (bicyclic) bond motifs is 1. The minimum Gasteiger partial charge on any atom is -0.477 e. The number of ether oxygens (including phenoxy) is 1. The first kappa shape index (κ1) is 17.2. The molecule has 2 N–H and O–H groups in total. The highest BCUT2D eigenvalue weighted by atomic mass is 32.1. The number of carboxylic acids is 1. The molecule has 0 unspecified atom stereocenters. The number of hydrogen-bond donors (Lipinski definition) is 2. The molecule has 0 spiro atoms. The largest absolute Gasteiger partial charge is 0.477 e. The molecule has 2 atom stereocenters. The van der Waals surface area contributed by atoms with Gasteiger partial charge in [-0.2, -0.15) is 0 Å². The molecule has 0 aliphatic carbocycles. The van der Waals surface area contributed by atoms with Crippen molar-refractivity contribution in [2.24, 2.45) is 0 Å². The van der Waals surface area contributed by atoms with Crippen LogP contribution in [0.1, 0.15) is 17.7 Å². The van der Waals surface area contributed by atoms with Gasteiger partial charge >= 0.3 is 11.9 Å². The molecular weight excluding hydrogens is 348 g/mol. The predicted molar refractivity (Wildman–Crippen MR) is 86.5 cm³/mol. The SMILES string of the molecule is COC(=O)C1=C(C(=O)O)N2C(=O)[C@@H](NC(=O)Cc3cccs3)[C@@H]2CC1. The van der Waals surface area contributed by atoms with Gasteiger partial charge < -0.3 is 15.2 Å². The minimum absolute atomic E-state index is 0.0250. The number of methoxy groups -OCH3 is 1. The van der Waals surface area contributed by atoms with E-state index in [-0.39, 0.29) is 30.0 Å². The Bertz CT molecular complexity index is 770. The van der Waals surface area contributed by atoms with Crippen LogP contribution in [0.3, 0.4) is 0 Å². The molecule has 1 aromatic rings. The molecule has 8 nitrogen and oxygen atoms in total. The van der Waals surface area contributed by atoms with Crippen LogP contribution in [-0.4, -0.2) is 53.0 Å². The molecular formula is C16H16N2O6S. The molecule has 0 bridgehead atoms. The summed E-state index contributed by atoms with van der Waals surface area (Å²) in [6.07, 6.45) is 0.736. The molecule has 0 aromatic carbocycles. The molecule has 2 aliphatic rings. The number of rotatable bonds is 5. The minimum atomic E-state index is -1.36. The number of nitrogens with one attached hydrogen (secondary N) is 1. The zero-order chi connectivity index (χ0) is 18.1. The van der Waals surface area contributed by atoms with Crippen LogP contribution in [0.25, 0.3) is 0 Å². The lowest BCUT2D eigenvalue weighted by molar-refractivity contribution is -0.156. The summed E-state index contributed by atoms with van der Waals surface area (Å²) in [5.74, 6) is -2.93. The van der Waals surface area contributed by atoms with Crippen LogP contribution in [0, 0.1) is 0 Å². The molecule has 1 fully saturated rings. The maximum absolute atomic E-state index is 12.4. The lowest BCUT2D eigenvalue weighted by Crippen LogP contribution is -2.71. The number of β-lactam (4-membered cyclic amide) rings is 1. The summed E-state index contributed by atoms with van der Waals surface area (Å²) in [6, 6.07) is 2.44. The first-order chi connectivity index (χ1) is 11.9. The van der Waals surface area contributed by atoms with Gasteiger partial charge in [0.1, 0.15) is 11.7 Å². The molecule has 9 heteroatoms. The van der Waals surface area contributed by atoms with Gasteiger partial charge in [-0.25, -0.2) is 9.59 Å². The van der Waals surface area contributed by atoms with Crippen molar-refractivity contribution < 1.29 is 29.0 Å². The maximum atomic E-state index is 12.4. The van der Waals surface area contributed by atoms with E-state index in [1.54, 1.807) is 0 Å². The highest BCUT2D eigenvalue weighted by Gasteiger charge is 2.54. The third kappa shape index (κ3) is 3.02. The van der Waals surface area contributed by atoms with Gasteiger partial charge in [0.15, 0.2) is 0 Å². The van der Waals surface area contributed by atoms with Gasteiger partial charge in [-0.05, 0) is 24.3 Å². The summed E-state index contributed by atoms with van der Waals surface area (Å²) in [5, 5.41) is 13.9. The van der Waals surface area contributed by atoms with Gasteiger partial charge in [-0.3, -0.25) is 14.5 Å². The van der Waals surface area contributed by atoms with E-state index in [1.165, 1.54) is 11.3 Å². The van der Waals surface area contributed by atoms with Crippen molar-refractivity contribution in [2.75, 3.05) is 7.11 Å². The second kappa shape index (κ2) is 6.67. The predicted octanol–water partition coefficient (Wildman–Crippen LogP) is 0.292. The molecule has 2 aliphatic heterocycles. The number of aliphatic carboxylic acids is 1. The van der Waals surface area contributed by atoms with Gasteiger partial charge in [-0.1, -0.05) is 6.07 Å². The van der Waals surface area contributed by atoms with E-state index in [9.17, 15) is 24.3 Å². The second-order valence-electron chi connectivity index (χ2n) is 5.74. The topological polar surface area (TPSA) is 113 Å². The third-order valence-electron chi connectivity index (χ3n) is 4.30. The number of carboxylic acid groups (broad SMARTS) is 1. The molecule has 2 amide bonds. The average molecular weight is 364 g/mol. The first-order valence-corrected chi connectivity index (χ1v) is 8.51. The Kier molecular flexibility index (Phi) is 4.58. The lowest BCUT2D eigenvalue weighted by Gasteiger charge is -2.49. The smallest absolute Gasteiger partial charge is 0.353 e. The fourth-order valence-electron chi connectivity index (χ4n) is 3.18. The molecule has 1 saturated heterocycles. The van der Waals surface area contributed by atoms with Gasteiger partial charge in [-0.15, -0.1) is 11.3 Å². The summed E-state index contributed by atoms with van der Waals surface area (Å²) in [7, 11) is 1.16. The Balaban J connectivity index is 1.74. The summed E-state index contributed by atoms with van der Waals surface area (Å²) >= 11 is 1.45. The molecule has 132 valence electrons. The molecule has 0 radical (unpaired) electrons. The van der Waals surface area contributed by atoms with Crippen LogP contribution in [-0.2, 0) is 30.3 Å². The van der Waals surface area contributed by atoms with Crippen LogP contribution < -0.4 is 5.32 Å². The van der Waals surface area contributed by atoms with Gasteiger partial charge in [0, 0.05) is 4.88 Å². The number of thiophene rings is 1. The third-order valence-corrected chi connectivity index (χ3v) is 5.18. The van der Waals surface area contributed by atoms with Gasteiger partial charge in [0.25, 0.3) is 5.91 Å². The Morgan fingerprint density at radius 3 is 2.80 bits per heavy atom. The summed E-state index contributed by atoms with van der Waals surface area (Å²) in [4.78, 5) is 49.7. The highest BCUT2D eigenvalue weighted by Crippen LogP contribution is 2.37. The fraction of sp³-hybridized carbons (Fsp3) is 0.375. The van der Waals surface area contributed by atoms with Crippen LogP contribution >= 0.6 is 11.3 Å². The Morgan fingerprint density at radius 1 is 1.44 bits per heavy atom. The van der Waals surface area contributed by atoms with E-state index in [1.807, 2.05) is 17.5 Å². The summed E-state index contributed by atoms with van der Waals surface area (Å²) < 4.78 is 4.60. The van der Waals surface area contributed by atoms with Gasteiger partial charge in [0.05, 0.1) is 25.1 Å². The van der Waals surface area contributed by atoms with Crippen molar-refractivity contribution in [2.45, 2.75) is 31.3 Å². The zero-order valence-corrected chi connectivity index (χ0v) is 14.2. The van der Waals surface area contributed by atoms with Crippen molar-refractivity contribution >= 4 is 35.1 Å². The van der Waals surface area contributed by atoms with Crippen molar-refractivity contribution in [1.82, 2.24) is 10.2 Å². The Morgan fingerprint density at radius 2 is 2.20 bits per heavy atom. The van der Waals surface area contributed by atoms with E-state index in [2.05, 4.69) is 10.1 Å². The van der Waals surface area contributed by atoms with Crippen LogP contribution in [0.15, 0.2) is 28.8 Å². The summed E-state index contributed by atoms with van der Waals surface area (Å²) in [5.41, 5.74) is -0.375. The van der Waals surface area contributed by atoms with E-state index >= 15 is 0 Å². The van der Waals surface area contributed by atoms with Crippen molar-refractivity contribution in [3.8, 4) is 0 Å². The second-order valence-corrected chi connectivity index (χ2v) is 6.77. The van der Waals surface area contributed by atoms with E-state index < -0.39 is 29.9 Å². The number of esters is 1. The molecule has 3 heterocycles. The van der Waals surface area contributed by atoms with E-state index in [0.717, 1.165) is 16.9 Å². The monoisotopic (exact) mass is 364 g/mol. The Hall–Kier alpha value is -2.68. The fourth-order valence-corrected chi connectivity index (χ4v) is 3.88. The van der Waals surface area contributed by atoms with Crippen LogP contribution in [0.5, 0.6) is 0 Å². The average Bonchev–Trinajstić information content (AvgIpc) is 3.10.